The van der Waals surface area contributed by atoms with Gasteiger partial charge >= 0.3 is 0 Å². The molecule has 0 saturated carbocycles. The molecule has 11 heteroatoms. The van der Waals surface area contributed by atoms with Crippen LogP contribution in [0.4, 0.5) is 17.3 Å². The summed E-state index contributed by atoms with van der Waals surface area (Å²) >= 11 is 0. The highest BCUT2D eigenvalue weighted by atomic mass is 32.2. The van der Waals surface area contributed by atoms with Crippen molar-refractivity contribution in [1.29, 1.82) is 0 Å². The van der Waals surface area contributed by atoms with Gasteiger partial charge in [-0.05, 0) is 49.2 Å². The van der Waals surface area contributed by atoms with Crippen LogP contribution in [0.3, 0.4) is 0 Å². The Kier molecular flexibility index (Phi) is 6.87. The maximum absolute atomic E-state index is 13.0. The van der Waals surface area contributed by atoms with Gasteiger partial charge in [-0.25, -0.2) is 8.42 Å². The van der Waals surface area contributed by atoms with Crippen LogP contribution in [0.15, 0.2) is 41.3 Å². The first kappa shape index (κ1) is 22.4. The lowest BCUT2D eigenvalue weighted by Crippen LogP contribution is -2.49. The topological polar surface area (TPSA) is 117 Å². The summed E-state index contributed by atoms with van der Waals surface area (Å²) in [5.74, 6) is 1.23. The van der Waals surface area contributed by atoms with Gasteiger partial charge in [-0.2, -0.15) is 4.31 Å². The molecule has 2 aromatic rings. The number of nitrogens with zero attached hydrogens (tertiary/aromatic N) is 4. The predicted molar refractivity (Wildman–Crippen MR) is 121 cm³/mol. The van der Waals surface area contributed by atoms with Crippen molar-refractivity contribution in [2.75, 3.05) is 54.9 Å². The van der Waals surface area contributed by atoms with Gasteiger partial charge in [0, 0.05) is 51.9 Å². The van der Waals surface area contributed by atoms with E-state index in [2.05, 4.69) is 20.8 Å². The first-order valence-electron chi connectivity index (χ1n) is 10.7. The molecule has 2 saturated heterocycles. The molecule has 0 spiro atoms. The zero-order valence-electron chi connectivity index (χ0n) is 18.0. The number of carbonyl (C=O) groups excluding carboxylic acids is 1. The van der Waals surface area contributed by atoms with Crippen molar-refractivity contribution in [3.63, 3.8) is 0 Å². The Morgan fingerprint density at radius 2 is 1.84 bits per heavy atom. The van der Waals surface area contributed by atoms with Gasteiger partial charge in [-0.3, -0.25) is 4.79 Å². The first-order chi connectivity index (χ1) is 15.4. The van der Waals surface area contributed by atoms with E-state index in [0.29, 0.717) is 37.7 Å². The monoisotopic (exact) mass is 460 g/mol. The average Bonchev–Trinajstić information content (AvgIpc) is 3.32. The Hall–Kier alpha value is -2.76. The van der Waals surface area contributed by atoms with Crippen molar-refractivity contribution in [1.82, 2.24) is 14.5 Å². The number of ether oxygens (including phenoxy) is 1. The normalized spacial score (nSPS) is 19.7. The Morgan fingerprint density at radius 1 is 1.09 bits per heavy atom. The number of piperazine rings is 1. The Morgan fingerprint density at radius 3 is 2.44 bits per heavy atom. The summed E-state index contributed by atoms with van der Waals surface area (Å²) in [6, 6.07) is 10.00. The highest BCUT2D eigenvalue weighted by Crippen LogP contribution is 2.22. The number of benzene rings is 1. The molecular formula is C21H28N6O4S. The number of amides is 1. The number of nitrogens with one attached hydrogen (secondary N) is 2. The van der Waals surface area contributed by atoms with Crippen LogP contribution in [0.25, 0.3) is 0 Å². The summed E-state index contributed by atoms with van der Waals surface area (Å²) in [6.45, 7) is 4.72. The number of sulfonamides is 1. The van der Waals surface area contributed by atoms with E-state index in [-0.39, 0.29) is 16.9 Å². The van der Waals surface area contributed by atoms with Crippen molar-refractivity contribution in [2.24, 2.45) is 0 Å². The van der Waals surface area contributed by atoms with Gasteiger partial charge in [0.1, 0.15) is 5.82 Å². The van der Waals surface area contributed by atoms with Gasteiger partial charge in [0.15, 0.2) is 5.82 Å². The predicted octanol–water partition coefficient (Wildman–Crippen LogP) is 1.54. The largest absolute Gasteiger partial charge is 0.376 e. The van der Waals surface area contributed by atoms with Crippen LogP contribution in [0.1, 0.15) is 19.8 Å². The number of carbonyl (C=O) groups is 1. The molecule has 0 aliphatic carbocycles. The second kappa shape index (κ2) is 9.80. The molecule has 0 radical (unpaired) electrons. The fraction of sp³-hybridized carbons (Fsp3) is 0.476. The third kappa shape index (κ3) is 5.34. The Bertz CT molecular complexity index is 1020. The third-order valence-electron chi connectivity index (χ3n) is 5.56. The summed E-state index contributed by atoms with van der Waals surface area (Å²) in [7, 11) is -3.60. The van der Waals surface area contributed by atoms with Crippen molar-refractivity contribution in [2.45, 2.75) is 30.8 Å². The molecular weight excluding hydrogens is 432 g/mol. The number of hydrogen-bond donors (Lipinski definition) is 2. The minimum atomic E-state index is -3.60. The van der Waals surface area contributed by atoms with Crippen molar-refractivity contribution >= 4 is 33.3 Å². The summed E-state index contributed by atoms with van der Waals surface area (Å²) in [6.07, 6.45) is 2.39. The van der Waals surface area contributed by atoms with E-state index in [1.165, 1.54) is 23.4 Å². The minimum absolute atomic E-state index is 0.202. The molecule has 1 atom stereocenters. The second-order valence-electron chi connectivity index (χ2n) is 7.89. The van der Waals surface area contributed by atoms with E-state index in [4.69, 9.17) is 4.74 Å². The molecule has 1 aromatic heterocycles. The van der Waals surface area contributed by atoms with Gasteiger partial charge in [0.25, 0.3) is 0 Å². The van der Waals surface area contributed by atoms with Crippen LogP contribution in [0.5, 0.6) is 0 Å². The van der Waals surface area contributed by atoms with E-state index < -0.39 is 10.0 Å². The SMILES string of the molecule is CC(=O)Nc1ccc(S(=O)(=O)N2CCN(c3ccc(NC[C@H]4CCCO4)nn3)CC2)cc1. The third-order valence-corrected chi connectivity index (χ3v) is 7.47. The lowest BCUT2D eigenvalue weighted by molar-refractivity contribution is -0.114. The maximum Gasteiger partial charge on any atom is 0.243 e. The second-order valence-corrected chi connectivity index (χ2v) is 9.83. The lowest BCUT2D eigenvalue weighted by atomic mass is 10.2. The lowest BCUT2D eigenvalue weighted by Gasteiger charge is -2.34. The van der Waals surface area contributed by atoms with Gasteiger partial charge in [-0.15, -0.1) is 10.2 Å². The number of aromatic nitrogens is 2. The summed E-state index contributed by atoms with van der Waals surface area (Å²) in [5.41, 5.74) is 0.563. The molecule has 1 amide bonds. The molecule has 0 bridgehead atoms. The zero-order valence-corrected chi connectivity index (χ0v) is 18.8. The molecule has 10 nitrogen and oxygen atoms in total. The van der Waals surface area contributed by atoms with Crippen LogP contribution in [-0.2, 0) is 19.6 Å². The molecule has 2 fully saturated rings. The average molecular weight is 461 g/mol. The molecule has 32 heavy (non-hydrogen) atoms. The van der Waals surface area contributed by atoms with E-state index in [9.17, 15) is 13.2 Å². The van der Waals surface area contributed by atoms with Gasteiger partial charge < -0.3 is 20.3 Å². The molecule has 1 aromatic carbocycles. The van der Waals surface area contributed by atoms with Crippen LogP contribution < -0.4 is 15.5 Å². The minimum Gasteiger partial charge on any atom is -0.376 e. The summed E-state index contributed by atoms with van der Waals surface area (Å²) < 4.78 is 33.0. The smallest absolute Gasteiger partial charge is 0.243 e. The van der Waals surface area contributed by atoms with E-state index >= 15 is 0 Å². The quantitative estimate of drug-likeness (QED) is 0.639. The fourth-order valence-corrected chi connectivity index (χ4v) is 5.25. The van der Waals surface area contributed by atoms with Crippen LogP contribution in [0, 0.1) is 0 Å². The fourth-order valence-electron chi connectivity index (χ4n) is 3.83. The van der Waals surface area contributed by atoms with Crippen molar-refractivity contribution < 1.29 is 17.9 Å². The van der Waals surface area contributed by atoms with Gasteiger partial charge in [0.2, 0.25) is 15.9 Å². The first-order valence-corrected chi connectivity index (χ1v) is 12.2. The van der Waals surface area contributed by atoms with Crippen molar-refractivity contribution in [3.05, 3.63) is 36.4 Å². The van der Waals surface area contributed by atoms with Crippen LogP contribution in [-0.4, -0.2) is 74.3 Å². The Labute approximate surface area is 188 Å². The molecule has 4 rings (SSSR count). The summed E-state index contributed by atoms with van der Waals surface area (Å²) in [4.78, 5) is 13.4. The number of hydrogen-bond acceptors (Lipinski definition) is 8. The zero-order chi connectivity index (χ0) is 22.6. The molecule has 3 heterocycles. The van der Waals surface area contributed by atoms with Gasteiger partial charge in [-0.1, -0.05) is 0 Å². The number of anilines is 3. The Balaban J connectivity index is 1.31. The highest BCUT2D eigenvalue weighted by Gasteiger charge is 2.29. The van der Waals surface area contributed by atoms with Crippen LogP contribution in [0.2, 0.25) is 0 Å². The molecule has 2 aliphatic heterocycles. The van der Waals surface area contributed by atoms with E-state index in [1.807, 2.05) is 17.0 Å². The van der Waals surface area contributed by atoms with Crippen molar-refractivity contribution in [3.8, 4) is 0 Å². The van der Waals surface area contributed by atoms with E-state index in [0.717, 1.165) is 31.8 Å². The number of rotatable bonds is 7. The highest BCUT2D eigenvalue weighted by molar-refractivity contribution is 7.89. The van der Waals surface area contributed by atoms with Gasteiger partial charge in [0.05, 0.1) is 11.0 Å². The molecule has 172 valence electrons. The standard InChI is InChI=1S/C21H28N6O4S/c1-16(28)23-17-4-6-19(7-5-17)32(29,30)27-12-10-26(11-13-27)21-9-8-20(24-25-21)22-15-18-3-2-14-31-18/h4-9,18H,2-3,10-15H2,1H3,(H,22,24)(H,23,28)/t18-/m1/s1. The molecule has 0 unspecified atom stereocenters. The summed E-state index contributed by atoms with van der Waals surface area (Å²) in [5, 5.41) is 14.4. The van der Waals surface area contributed by atoms with Crippen LogP contribution >= 0.6 is 0 Å². The molecule has 2 N–H and O–H groups in total. The molecule has 2 aliphatic rings. The maximum atomic E-state index is 13.0. The van der Waals surface area contributed by atoms with E-state index in [1.54, 1.807) is 12.1 Å².